The fourth-order valence-electron chi connectivity index (χ4n) is 1.72. The highest BCUT2D eigenvalue weighted by atomic mass is 79.9. The molecule has 1 rings (SSSR count). The predicted octanol–water partition coefficient (Wildman–Crippen LogP) is 4.30. The summed E-state index contributed by atoms with van der Waals surface area (Å²) in [7, 11) is 1.67. The Balaban J connectivity index is 2.81. The van der Waals surface area contributed by atoms with E-state index in [0.29, 0.717) is 6.61 Å². The van der Waals surface area contributed by atoms with Gasteiger partial charge in [0.25, 0.3) is 0 Å². The van der Waals surface area contributed by atoms with Crippen LogP contribution in [-0.2, 0) is 6.54 Å². The summed E-state index contributed by atoms with van der Waals surface area (Å²) in [5, 5.41) is 3.38. The van der Waals surface area contributed by atoms with Crippen molar-refractivity contribution in [1.29, 1.82) is 0 Å². The normalized spacial score (nSPS) is 10.2. The van der Waals surface area contributed by atoms with Crippen molar-refractivity contribution in [2.24, 2.45) is 0 Å². The lowest BCUT2D eigenvalue weighted by atomic mass is 10.2. The Morgan fingerprint density at radius 1 is 1.35 bits per heavy atom. The van der Waals surface area contributed by atoms with E-state index in [1.165, 1.54) is 11.1 Å². The lowest BCUT2D eigenvalue weighted by Crippen LogP contribution is -2.14. The average molecular weight is 342 g/mol. The molecular weight excluding hydrogens is 318 g/mol. The largest absolute Gasteiger partial charge is 0.493 e. The second kappa shape index (κ2) is 9.03. The highest BCUT2D eigenvalue weighted by Gasteiger charge is 2.11. The molecule has 0 aliphatic carbocycles. The summed E-state index contributed by atoms with van der Waals surface area (Å²) in [6, 6.07) is 4.09. The number of benzene rings is 1. The van der Waals surface area contributed by atoms with Crippen LogP contribution < -0.4 is 14.8 Å². The molecular formula is C16H24BrNO2. The number of hydrogen-bond donors (Lipinski definition) is 1. The van der Waals surface area contributed by atoms with Crippen LogP contribution in [0.25, 0.3) is 0 Å². The molecule has 0 unspecified atom stereocenters. The van der Waals surface area contributed by atoms with Crippen molar-refractivity contribution < 1.29 is 9.47 Å². The summed E-state index contributed by atoms with van der Waals surface area (Å²) >= 11 is 3.56. The Morgan fingerprint density at radius 2 is 2.10 bits per heavy atom. The highest BCUT2D eigenvalue weighted by molar-refractivity contribution is 9.10. The van der Waals surface area contributed by atoms with E-state index in [2.05, 4.69) is 48.1 Å². The third-order valence-electron chi connectivity index (χ3n) is 2.76. The molecule has 4 heteroatoms. The summed E-state index contributed by atoms with van der Waals surface area (Å²) in [4.78, 5) is 0. The van der Waals surface area contributed by atoms with Crippen LogP contribution in [0.3, 0.4) is 0 Å². The number of ether oxygens (including phenoxy) is 2. The van der Waals surface area contributed by atoms with Crippen LogP contribution in [0.1, 0.15) is 32.8 Å². The maximum atomic E-state index is 5.78. The second-order valence-corrected chi connectivity index (χ2v) is 5.73. The lowest BCUT2D eigenvalue weighted by molar-refractivity contribution is 0.323. The molecule has 0 aromatic heterocycles. The average Bonchev–Trinajstić information content (AvgIpc) is 2.40. The molecule has 0 saturated carbocycles. The van der Waals surface area contributed by atoms with Crippen molar-refractivity contribution in [2.45, 2.75) is 33.7 Å². The Morgan fingerprint density at radius 3 is 2.70 bits per heavy atom. The molecule has 0 bridgehead atoms. The fourth-order valence-corrected chi connectivity index (χ4v) is 2.32. The molecule has 3 nitrogen and oxygen atoms in total. The first-order valence-electron chi connectivity index (χ1n) is 6.91. The van der Waals surface area contributed by atoms with Gasteiger partial charge in [-0.25, -0.2) is 0 Å². The van der Waals surface area contributed by atoms with E-state index in [9.17, 15) is 0 Å². The molecule has 0 spiro atoms. The number of methoxy groups -OCH3 is 1. The van der Waals surface area contributed by atoms with Gasteiger partial charge in [-0.3, -0.25) is 0 Å². The topological polar surface area (TPSA) is 30.5 Å². The molecule has 20 heavy (non-hydrogen) atoms. The second-order valence-electron chi connectivity index (χ2n) is 4.88. The van der Waals surface area contributed by atoms with Gasteiger partial charge in [0.15, 0.2) is 11.5 Å². The summed E-state index contributed by atoms with van der Waals surface area (Å²) in [6.45, 7) is 8.65. The van der Waals surface area contributed by atoms with E-state index < -0.39 is 0 Å². The van der Waals surface area contributed by atoms with Gasteiger partial charge >= 0.3 is 0 Å². The molecule has 0 atom stereocenters. The minimum atomic E-state index is 0.546. The molecule has 0 amide bonds. The summed E-state index contributed by atoms with van der Waals surface area (Å²) < 4.78 is 12.1. The van der Waals surface area contributed by atoms with Crippen molar-refractivity contribution in [3.63, 3.8) is 0 Å². The van der Waals surface area contributed by atoms with Crippen molar-refractivity contribution >= 4 is 15.9 Å². The first kappa shape index (κ1) is 17.1. The molecule has 112 valence electrons. The number of rotatable bonds is 8. The quantitative estimate of drug-likeness (QED) is 0.564. The van der Waals surface area contributed by atoms with Crippen molar-refractivity contribution in [3.05, 3.63) is 33.8 Å². The zero-order chi connectivity index (χ0) is 15.0. The number of hydrogen-bond acceptors (Lipinski definition) is 3. The standard InChI is InChI=1S/C16H24BrNO2/c1-5-7-18-11-13-9-14(17)16(15(10-13)19-4)20-8-6-12(2)3/h6,9-10,18H,5,7-8,11H2,1-4H3. The molecule has 0 aliphatic rings. The van der Waals surface area contributed by atoms with Gasteiger partial charge in [-0.1, -0.05) is 12.5 Å². The molecule has 1 aromatic carbocycles. The fraction of sp³-hybridized carbons (Fsp3) is 0.500. The Labute approximate surface area is 130 Å². The van der Waals surface area contributed by atoms with Gasteiger partial charge < -0.3 is 14.8 Å². The summed E-state index contributed by atoms with van der Waals surface area (Å²) in [5.41, 5.74) is 2.41. The lowest BCUT2D eigenvalue weighted by Gasteiger charge is -2.14. The molecule has 1 aromatic rings. The first-order valence-corrected chi connectivity index (χ1v) is 7.71. The number of nitrogens with one attached hydrogen (secondary N) is 1. The van der Waals surface area contributed by atoms with E-state index in [-0.39, 0.29) is 0 Å². The molecule has 0 heterocycles. The first-order chi connectivity index (χ1) is 9.58. The van der Waals surface area contributed by atoms with E-state index in [1.54, 1.807) is 7.11 Å². The number of allylic oxidation sites excluding steroid dienone is 1. The maximum absolute atomic E-state index is 5.78. The van der Waals surface area contributed by atoms with E-state index in [4.69, 9.17) is 9.47 Å². The smallest absolute Gasteiger partial charge is 0.175 e. The highest BCUT2D eigenvalue weighted by Crippen LogP contribution is 2.36. The van der Waals surface area contributed by atoms with Crippen LogP contribution in [0.5, 0.6) is 11.5 Å². The van der Waals surface area contributed by atoms with Crippen molar-refractivity contribution in [2.75, 3.05) is 20.3 Å². The maximum Gasteiger partial charge on any atom is 0.175 e. The van der Waals surface area contributed by atoms with Crippen LogP contribution in [0.15, 0.2) is 28.3 Å². The van der Waals surface area contributed by atoms with Gasteiger partial charge in [0.1, 0.15) is 6.61 Å². The van der Waals surface area contributed by atoms with E-state index >= 15 is 0 Å². The summed E-state index contributed by atoms with van der Waals surface area (Å²) in [5.74, 6) is 1.51. The van der Waals surface area contributed by atoms with Crippen LogP contribution in [-0.4, -0.2) is 20.3 Å². The Bertz CT molecular complexity index is 454. The van der Waals surface area contributed by atoms with Crippen LogP contribution in [0, 0.1) is 0 Å². The van der Waals surface area contributed by atoms with Crippen LogP contribution >= 0.6 is 15.9 Å². The van der Waals surface area contributed by atoms with Crippen LogP contribution in [0.4, 0.5) is 0 Å². The van der Waals surface area contributed by atoms with Gasteiger partial charge in [0, 0.05) is 6.54 Å². The molecule has 1 N–H and O–H groups in total. The van der Waals surface area contributed by atoms with Gasteiger partial charge in [0.2, 0.25) is 0 Å². The minimum absolute atomic E-state index is 0.546. The minimum Gasteiger partial charge on any atom is -0.493 e. The van der Waals surface area contributed by atoms with Gasteiger partial charge in [-0.05, 0) is 66.5 Å². The van der Waals surface area contributed by atoms with Gasteiger partial charge in [0.05, 0.1) is 11.6 Å². The Kier molecular flexibility index (Phi) is 7.70. The van der Waals surface area contributed by atoms with Gasteiger partial charge in [-0.15, -0.1) is 0 Å². The monoisotopic (exact) mass is 341 g/mol. The van der Waals surface area contributed by atoms with Crippen molar-refractivity contribution in [1.82, 2.24) is 5.32 Å². The number of halogens is 1. The summed E-state index contributed by atoms with van der Waals surface area (Å²) in [6.07, 6.45) is 3.17. The molecule has 0 aliphatic heterocycles. The molecule has 0 radical (unpaired) electrons. The SMILES string of the molecule is CCCNCc1cc(Br)c(OCC=C(C)C)c(OC)c1. The zero-order valence-electron chi connectivity index (χ0n) is 12.8. The van der Waals surface area contributed by atoms with Crippen molar-refractivity contribution in [3.8, 4) is 11.5 Å². The molecule has 0 saturated heterocycles. The van der Waals surface area contributed by atoms with Crippen LogP contribution in [0.2, 0.25) is 0 Å². The molecule has 0 fully saturated rings. The Hall–Kier alpha value is -1.00. The zero-order valence-corrected chi connectivity index (χ0v) is 14.3. The van der Waals surface area contributed by atoms with Gasteiger partial charge in [-0.2, -0.15) is 0 Å². The van der Waals surface area contributed by atoms with E-state index in [1.807, 2.05) is 12.1 Å². The predicted molar refractivity (Wildman–Crippen MR) is 87.6 cm³/mol. The third kappa shape index (κ3) is 5.55. The van der Waals surface area contributed by atoms with E-state index in [0.717, 1.165) is 35.5 Å². The third-order valence-corrected chi connectivity index (χ3v) is 3.35.